The number of nitrogens with one attached hydrogen (secondary N) is 1. The highest BCUT2D eigenvalue weighted by Crippen LogP contribution is 2.34. The molecule has 0 unspecified atom stereocenters. The van der Waals surface area contributed by atoms with Crippen LogP contribution in [0.3, 0.4) is 0 Å². The van der Waals surface area contributed by atoms with Crippen molar-refractivity contribution in [3.63, 3.8) is 0 Å². The second-order valence-corrected chi connectivity index (χ2v) is 8.71. The van der Waals surface area contributed by atoms with E-state index in [0.717, 1.165) is 60.9 Å². The molecule has 0 radical (unpaired) electrons. The first-order valence-corrected chi connectivity index (χ1v) is 11.1. The quantitative estimate of drug-likeness (QED) is 0.463. The van der Waals surface area contributed by atoms with Gasteiger partial charge in [-0.15, -0.1) is 36.2 Å². The number of nitrogens with zero attached hydrogens (tertiary/aromatic N) is 2. The Morgan fingerprint density at radius 3 is 2.94 bits per heavy atom. The number of thiophene rings is 1. The molecule has 3 heterocycles. The number of piperidine rings is 1. The van der Waals surface area contributed by atoms with E-state index in [2.05, 4.69) is 14.9 Å². The lowest BCUT2D eigenvalue weighted by atomic mass is 9.97. The third-order valence-electron chi connectivity index (χ3n) is 5.44. The van der Waals surface area contributed by atoms with E-state index >= 15 is 0 Å². The van der Waals surface area contributed by atoms with Gasteiger partial charge in [0.25, 0.3) is 0 Å². The SMILES string of the molecule is COC(=O)c1cc(-c2cc(Cl)cc3ncn(CCC[C@H]4NCCC[C@@H]4O)c23)cs1.Cl.Cl. The van der Waals surface area contributed by atoms with Gasteiger partial charge in [-0.3, -0.25) is 0 Å². The number of carbonyl (C=O) groups excluding carboxylic acids is 1. The summed E-state index contributed by atoms with van der Waals surface area (Å²) in [6.45, 7) is 1.77. The lowest BCUT2D eigenvalue weighted by molar-refractivity contribution is 0.0606. The zero-order chi connectivity index (χ0) is 20.4. The maximum atomic E-state index is 11.8. The zero-order valence-electron chi connectivity index (χ0n) is 17.0. The molecule has 170 valence electrons. The van der Waals surface area contributed by atoms with Crippen molar-refractivity contribution in [2.24, 2.45) is 0 Å². The van der Waals surface area contributed by atoms with Crippen LogP contribution in [0.25, 0.3) is 22.2 Å². The molecule has 0 saturated carbocycles. The molecule has 2 atom stereocenters. The van der Waals surface area contributed by atoms with Gasteiger partial charge in [0.1, 0.15) is 4.88 Å². The Kier molecular flexibility index (Phi) is 9.61. The second-order valence-electron chi connectivity index (χ2n) is 7.36. The van der Waals surface area contributed by atoms with Crippen LogP contribution >= 0.6 is 47.8 Å². The number of imidazole rings is 1. The van der Waals surface area contributed by atoms with Crippen LogP contribution in [0.15, 0.2) is 29.9 Å². The van der Waals surface area contributed by atoms with Crippen LogP contribution in [-0.4, -0.2) is 46.4 Å². The number of carbonyl (C=O) groups is 1. The summed E-state index contributed by atoms with van der Waals surface area (Å²) in [5.41, 5.74) is 3.70. The van der Waals surface area contributed by atoms with Crippen molar-refractivity contribution in [1.29, 1.82) is 0 Å². The monoisotopic (exact) mass is 505 g/mol. The summed E-state index contributed by atoms with van der Waals surface area (Å²) in [6, 6.07) is 5.77. The summed E-state index contributed by atoms with van der Waals surface area (Å²) in [6.07, 6.45) is 5.31. The fourth-order valence-electron chi connectivity index (χ4n) is 3.96. The summed E-state index contributed by atoms with van der Waals surface area (Å²) < 4.78 is 6.96. The number of ether oxygens (including phenoxy) is 1. The fourth-order valence-corrected chi connectivity index (χ4v) is 5.00. The number of aryl methyl sites for hydroxylation is 1. The van der Waals surface area contributed by atoms with Gasteiger partial charge in [0.05, 0.1) is 30.6 Å². The molecule has 10 heteroatoms. The van der Waals surface area contributed by atoms with Gasteiger partial charge in [0.15, 0.2) is 0 Å². The Balaban J connectivity index is 0.00000171. The number of esters is 1. The normalized spacial score (nSPS) is 18.3. The highest BCUT2D eigenvalue weighted by Gasteiger charge is 2.22. The Bertz CT molecular complexity index is 1020. The van der Waals surface area contributed by atoms with Gasteiger partial charge in [-0.2, -0.15) is 0 Å². The molecule has 31 heavy (non-hydrogen) atoms. The van der Waals surface area contributed by atoms with Crippen LogP contribution in [-0.2, 0) is 11.3 Å². The third kappa shape index (κ3) is 5.72. The first kappa shape index (κ1) is 25.9. The Hall–Kier alpha value is -1.35. The Labute approximate surface area is 202 Å². The number of halogens is 3. The molecule has 3 aromatic rings. The van der Waals surface area contributed by atoms with Gasteiger partial charge in [0, 0.05) is 23.2 Å². The standard InChI is InChI=1S/C21H24ClN3O3S.2ClH/c1-28-21(27)19-8-13(11-29-19)15-9-14(22)10-17-20(15)25(12-24-17)7-3-4-16-18(26)5-2-6-23-16;;/h8-12,16,18,23,26H,2-7H2,1H3;2*1H/t16-,18+;;/m1../s1. The molecule has 6 nitrogen and oxygen atoms in total. The van der Waals surface area contributed by atoms with E-state index in [0.29, 0.717) is 9.90 Å². The van der Waals surface area contributed by atoms with E-state index < -0.39 is 0 Å². The Morgan fingerprint density at radius 2 is 2.19 bits per heavy atom. The lowest BCUT2D eigenvalue weighted by Gasteiger charge is -2.29. The van der Waals surface area contributed by atoms with Crippen LogP contribution in [0, 0.1) is 0 Å². The van der Waals surface area contributed by atoms with Gasteiger partial charge >= 0.3 is 5.97 Å². The summed E-state index contributed by atoms with van der Waals surface area (Å²) in [4.78, 5) is 16.9. The lowest BCUT2D eigenvalue weighted by Crippen LogP contribution is -2.44. The smallest absolute Gasteiger partial charge is 0.348 e. The summed E-state index contributed by atoms with van der Waals surface area (Å²) in [5.74, 6) is -0.341. The topological polar surface area (TPSA) is 76.4 Å². The minimum Gasteiger partial charge on any atom is -0.465 e. The number of rotatable bonds is 6. The largest absolute Gasteiger partial charge is 0.465 e. The molecule has 2 aromatic heterocycles. The molecule has 0 aliphatic carbocycles. The molecule has 0 amide bonds. The minimum absolute atomic E-state index is 0. The number of benzene rings is 1. The number of methoxy groups -OCH3 is 1. The van der Waals surface area contributed by atoms with Crippen molar-refractivity contribution in [1.82, 2.24) is 14.9 Å². The molecule has 1 aliphatic rings. The molecule has 1 fully saturated rings. The number of hydrogen-bond donors (Lipinski definition) is 2. The van der Waals surface area contributed by atoms with Crippen LogP contribution < -0.4 is 5.32 Å². The van der Waals surface area contributed by atoms with Crippen LogP contribution in [0.2, 0.25) is 5.02 Å². The number of aliphatic hydroxyl groups is 1. The van der Waals surface area contributed by atoms with E-state index in [1.54, 1.807) is 0 Å². The van der Waals surface area contributed by atoms with Crippen LogP contribution in [0.5, 0.6) is 0 Å². The average molecular weight is 507 g/mol. The maximum absolute atomic E-state index is 11.8. The van der Waals surface area contributed by atoms with Crippen molar-refractivity contribution in [3.8, 4) is 11.1 Å². The molecule has 0 spiro atoms. The molecule has 1 saturated heterocycles. The molecular formula is C21H26Cl3N3O3S. The minimum atomic E-state index is -0.341. The summed E-state index contributed by atoms with van der Waals surface area (Å²) in [5, 5.41) is 16.1. The van der Waals surface area contributed by atoms with Gasteiger partial charge < -0.3 is 19.7 Å². The fraction of sp³-hybridized carbons (Fsp3) is 0.429. The second kappa shape index (κ2) is 11.5. The van der Waals surface area contributed by atoms with Crippen LogP contribution in [0.4, 0.5) is 0 Å². The molecule has 4 rings (SSSR count). The summed E-state index contributed by atoms with van der Waals surface area (Å²) in [7, 11) is 1.38. The van der Waals surface area contributed by atoms with Crippen molar-refractivity contribution in [3.05, 3.63) is 39.8 Å². The number of aliphatic hydroxyl groups excluding tert-OH is 1. The Morgan fingerprint density at radius 1 is 1.39 bits per heavy atom. The van der Waals surface area contributed by atoms with Crippen molar-refractivity contribution in [2.75, 3.05) is 13.7 Å². The summed E-state index contributed by atoms with van der Waals surface area (Å²) >= 11 is 7.68. The third-order valence-corrected chi connectivity index (χ3v) is 6.57. The van der Waals surface area contributed by atoms with Crippen molar-refractivity contribution >= 4 is 64.8 Å². The molecular weight excluding hydrogens is 481 g/mol. The van der Waals surface area contributed by atoms with E-state index in [-0.39, 0.29) is 42.9 Å². The molecule has 2 N–H and O–H groups in total. The molecule has 1 aliphatic heterocycles. The highest BCUT2D eigenvalue weighted by atomic mass is 35.5. The van der Waals surface area contributed by atoms with E-state index in [9.17, 15) is 9.90 Å². The number of aromatic nitrogens is 2. The molecule has 1 aromatic carbocycles. The van der Waals surface area contributed by atoms with Crippen molar-refractivity contribution in [2.45, 2.75) is 44.4 Å². The first-order valence-electron chi connectivity index (χ1n) is 9.80. The maximum Gasteiger partial charge on any atom is 0.348 e. The van der Waals surface area contributed by atoms with Gasteiger partial charge in [-0.05, 0) is 61.4 Å². The number of hydrogen-bond acceptors (Lipinski definition) is 6. The van der Waals surface area contributed by atoms with Crippen molar-refractivity contribution < 1.29 is 14.6 Å². The zero-order valence-corrected chi connectivity index (χ0v) is 20.3. The first-order chi connectivity index (χ1) is 14.1. The van der Waals surface area contributed by atoms with Gasteiger partial charge in [0.2, 0.25) is 0 Å². The van der Waals surface area contributed by atoms with Gasteiger partial charge in [-0.25, -0.2) is 9.78 Å². The van der Waals surface area contributed by atoms with Gasteiger partial charge in [-0.1, -0.05) is 11.6 Å². The van der Waals surface area contributed by atoms with E-state index in [4.69, 9.17) is 16.3 Å². The van der Waals surface area contributed by atoms with E-state index in [1.807, 2.05) is 29.9 Å². The predicted molar refractivity (Wildman–Crippen MR) is 130 cm³/mol. The average Bonchev–Trinajstić information content (AvgIpc) is 3.36. The van der Waals surface area contributed by atoms with E-state index in [1.165, 1.54) is 18.4 Å². The van der Waals surface area contributed by atoms with Crippen LogP contribution in [0.1, 0.15) is 35.4 Å². The molecule has 0 bridgehead atoms. The number of fused-ring (bicyclic) bond motifs is 1. The predicted octanol–water partition coefficient (Wildman–Crippen LogP) is 4.94. The highest BCUT2D eigenvalue weighted by molar-refractivity contribution is 7.12.